The van der Waals surface area contributed by atoms with Gasteiger partial charge in [-0.1, -0.05) is 53.9 Å². The largest absolute Gasteiger partial charge is 0.369 e. The summed E-state index contributed by atoms with van der Waals surface area (Å²) in [5.74, 6) is -0.370. The second-order valence-corrected chi connectivity index (χ2v) is 7.76. The van der Waals surface area contributed by atoms with Crippen LogP contribution in [0.15, 0.2) is 45.5 Å². The van der Waals surface area contributed by atoms with Crippen LogP contribution < -0.4 is 11.5 Å². The molecular weight excluding hydrogens is 390 g/mol. The fourth-order valence-corrected chi connectivity index (χ4v) is 4.19. The van der Waals surface area contributed by atoms with Crippen LogP contribution in [0.4, 0.5) is 0 Å². The lowest BCUT2D eigenvalue weighted by Crippen LogP contribution is -2.14. The van der Waals surface area contributed by atoms with Crippen LogP contribution in [0.25, 0.3) is 0 Å². The van der Waals surface area contributed by atoms with Crippen molar-refractivity contribution in [2.75, 3.05) is 11.5 Å². The SMILES string of the molecule is N#Cc1c(SCC(N)=O)nc(SCC(N)=O)nc1SCc1ccccc1. The maximum absolute atomic E-state index is 11.1. The van der Waals surface area contributed by atoms with Crippen molar-refractivity contribution in [1.29, 1.82) is 5.26 Å². The van der Waals surface area contributed by atoms with Crippen molar-refractivity contribution in [3.8, 4) is 6.07 Å². The molecule has 0 aliphatic rings. The number of thioether (sulfide) groups is 3. The quantitative estimate of drug-likeness (QED) is 0.366. The summed E-state index contributed by atoms with van der Waals surface area (Å²) in [5, 5.41) is 10.7. The minimum absolute atomic E-state index is 0.00554. The number of nitriles is 1. The third-order valence-electron chi connectivity index (χ3n) is 2.85. The Kier molecular flexibility index (Phi) is 7.77. The zero-order chi connectivity index (χ0) is 18.9. The maximum atomic E-state index is 11.1. The Bertz CT molecular complexity index is 840. The van der Waals surface area contributed by atoms with Gasteiger partial charge < -0.3 is 11.5 Å². The van der Waals surface area contributed by atoms with E-state index in [1.165, 1.54) is 11.8 Å². The Labute approximate surface area is 163 Å². The van der Waals surface area contributed by atoms with E-state index in [1.807, 2.05) is 30.3 Å². The van der Waals surface area contributed by atoms with Gasteiger partial charge in [-0.05, 0) is 5.56 Å². The van der Waals surface area contributed by atoms with Gasteiger partial charge in [0.05, 0.1) is 11.5 Å². The van der Waals surface area contributed by atoms with Crippen LogP contribution in [0.5, 0.6) is 0 Å². The molecule has 0 saturated heterocycles. The molecule has 0 aliphatic heterocycles. The third-order valence-corrected chi connectivity index (χ3v) is 5.76. The summed E-state index contributed by atoms with van der Waals surface area (Å²) in [6.45, 7) is 0. The number of primary amides is 2. The molecular formula is C16H15N5O2S3. The van der Waals surface area contributed by atoms with E-state index in [-0.39, 0.29) is 11.5 Å². The zero-order valence-corrected chi connectivity index (χ0v) is 16.0. The van der Waals surface area contributed by atoms with Gasteiger partial charge in [0.15, 0.2) is 5.16 Å². The molecule has 0 aliphatic carbocycles. The Morgan fingerprint density at radius 1 is 0.962 bits per heavy atom. The molecule has 134 valence electrons. The molecule has 0 fully saturated rings. The summed E-state index contributed by atoms with van der Waals surface area (Å²) >= 11 is 3.54. The van der Waals surface area contributed by atoms with Crippen LogP contribution in [0.3, 0.4) is 0 Å². The molecule has 0 atom stereocenters. The molecule has 0 spiro atoms. The Balaban J connectivity index is 2.30. The summed E-state index contributed by atoms with van der Waals surface area (Å²) in [7, 11) is 0. The topological polar surface area (TPSA) is 136 Å². The number of hydrogen-bond acceptors (Lipinski definition) is 8. The number of nitrogens with two attached hydrogens (primary N) is 2. The summed E-state index contributed by atoms with van der Waals surface area (Å²) in [4.78, 5) is 30.7. The number of carbonyl (C=O) groups is 2. The lowest BCUT2D eigenvalue weighted by Gasteiger charge is -2.09. The highest BCUT2D eigenvalue weighted by Crippen LogP contribution is 2.32. The lowest BCUT2D eigenvalue weighted by atomic mass is 10.2. The first-order chi connectivity index (χ1) is 12.5. The number of hydrogen-bond donors (Lipinski definition) is 2. The fourth-order valence-electron chi connectivity index (χ4n) is 1.77. The van der Waals surface area contributed by atoms with Crippen LogP contribution in [-0.4, -0.2) is 33.3 Å². The highest BCUT2D eigenvalue weighted by molar-refractivity contribution is 8.00. The second kappa shape index (κ2) is 10.1. The number of aromatic nitrogens is 2. The van der Waals surface area contributed by atoms with Crippen LogP contribution in [0.1, 0.15) is 11.1 Å². The molecule has 0 unspecified atom stereocenters. The smallest absolute Gasteiger partial charge is 0.227 e. The summed E-state index contributed by atoms with van der Waals surface area (Å²) in [5.41, 5.74) is 11.7. The standard InChI is InChI=1S/C16H15N5O2S3/c17-6-11-14(24-7-10-4-2-1-3-5-10)20-16(26-9-13(19)23)21-15(11)25-8-12(18)22/h1-5H,7-9H2,(H2,18,22)(H2,19,23). The average Bonchev–Trinajstić information content (AvgIpc) is 2.63. The molecule has 4 N–H and O–H groups in total. The minimum atomic E-state index is -0.512. The van der Waals surface area contributed by atoms with E-state index in [1.54, 1.807) is 0 Å². The highest BCUT2D eigenvalue weighted by Gasteiger charge is 2.17. The fraction of sp³-hybridized carbons (Fsp3) is 0.188. The summed E-state index contributed by atoms with van der Waals surface area (Å²) < 4.78 is 0. The van der Waals surface area contributed by atoms with Gasteiger partial charge in [-0.25, -0.2) is 9.97 Å². The maximum Gasteiger partial charge on any atom is 0.227 e. The summed E-state index contributed by atoms with van der Waals surface area (Å²) in [6.07, 6.45) is 0. The molecule has 2 rings (SSSR count). The first kappa shape index (κ1) is 20.1. The van der Waals surface area contributed by atoms with E-state index >= 15 is 0 Å². The van der Waals surface area contributed by atoms with Gasteiger partial charge in [0, 0.05) is 5.75 Å². The molecule has 0 radical (unpaired) electrons. The Morgan fingerprint density at radius 2 is 1.54 bits per heavy atom. The number of rotatable bonds is 9. The normalized spacial score (nSPS) is 10.3. The first-order valence-corrected chi connectivity index (χ1v) is 10.3. The van der Waals surface area contributed by atoms with Gasteiger partial charge in [0.1, 0.15) is 21.7 Å². The van der Waals surface area contributed by atoms with Gasteiger partial charge >= 0.3 is 0 Å². The number of amides is 2. The summed E-state index contributed by atoms with van der Waals surface area (Å²) in [6, 6.07) is 11.8. The molecule has 0 bridgehead atoms. The molecule has 2 aromatic rings. The van der Waals surface area contributed by atoms with Crippen molar-refractivity contribution < 1.29 is 9.59 Å². The van der Waals surface area contributed by atoms with E-state index in [2.05, 4.69) is 16.0 Å². The molecule has 26 heavy (non-hydrogen) atoms. The van der Waals surface area contributed by atoms with E-state index in [4.69, 9.17) is 11.5 Å². The number of carbonyl (C=O) groups excluding carboxylic acids is 2. The predicted molar refractivity (Wildman–Crippen MR) is 103 cm³/mol. The van der Waals surface area contributed by atoms with Gasteiger partial charge in [-0.2, -0.15) is 5.26 Å². The highest BCUT2D eigenvalue weighted by atomic mass is 32.2. The van der Waals surface area contributed by atoms with E-state index < -0.39 is 11.8 Å². The molecule has 0 saturated carbocycles. The molecule has 7 nitrogen and oxygen atoms in total. The van der Waals surface area contributed by atoms with Crippen molar-refractivity contribution in [3.63, 3.8) is 0 Å². The van der Waals surface area contributed by atoms with Crippen LogP contribution in [0.2, 0.25) is 0 Å². The second-order valence-electron chi connectivity index (χ2n) is 4.89. The molecule has 1 aromatic carbocycles. The van der Waals surface area contributed by atoms with Gasteiger partial charge in [0.2, 0.25) is 11.8 Å². The molecule has 2 amide bonds. The number of nitrogens with zero attached hydrogens (tertiary/aromatic N) is 3. The van der Waals surface area contributed by atoms with Crippen LogP contribution >= 0.6 is 35.3 Å². The predicted octanol–water partition coefficient (Wildman–Crippen LogP) is 1.80. The third kappa shape index (κ3) is 6.25. The monoisotopic (exact) mass is 405 g/mol. The number of benzene rings is 1. The van der Waals surface area contributed by atoms with E-state index in [0.29, 0.717) is 26.5 Å². The lowest BCUT2D eigenvalue weighted by molar-refractivity contribution is -0.116. The van der Waals surface area contributed by atoms with Crippen molar-refractivity contribution >= 4 is 47.1 Å². The average molecular weight is 406 g/mol. The Morgan fingerprint density at radius 3 is 2.12 bits per heavy atom. The minimum Gasteiger partial charge on any atom is -0.369 e. The van der Waals surface area contributed by atoms with Crippen molar-refractivity contribution in [1.82, 2.24) is 9.97 Å². The van der Waals surface area contributed by atoms with E-state index in [0.717, 1.165) is 29.1 Å². The molecule has 1 aromatic heterocycles. The van der Waals surface area contributed by atoms with Crippen molar-refractivity contribution in [3.05, 3.63) is 41.5 Å². The van der Waals surface area contributed by atoms with Gasteiger partial charge in [-0.3, -0.25) is 9.59 Å². The van der Waals surface area contributed by atoms with Crippen LogP contribution in [0, 0.1) is 11.3 Å². The zero-order valence-electron chi connectivity index (χ0n) is 13.5. The van der Waals surface area contributed by atoms with Crippen LogP contribution in [-0.2, 0) is 15.3 Å². The Hall–Kier alpha value is -2.22. The van der Waals surface area contributed by atoms with Gasteiger partial charge in [0.25, 0.3) is 0 Å². The molecule has 1 heterocycles. The molecule has 10 heteroatoms. The first-order valence-electron chi connectivity index (χ1n) is 7.30. The van der Waals surface area contributed by atoms with Crippen molar-refractivity contribution in [2.45, 2.75) is 21.0 Å². The van der Waals surface area contributed by atoms with Crippen molar-refractivity contribution in [2.24, 2.45) is 11.5 Å². The van der Waals surface area contributed by atoms with E-state index in [9.17, 15) is 14.9 Å². The van der Waals surface area contributed by atoms with Gasteiger partial charge in [-0.15, -0.1) is 11.8 Å².